The van der Waals surface area contributed by atoms with Crippen molar-refractivity contribution in [1.82, 2.24) is 0 Å². The Morgan fingerprint density at radius 1 is 0.765 bits per heavy atom. The lowest BCUT2D eigenvalue weighted by Gasteiger charge is -2.06. The molecule has 0 amide bonds. The highest BCUT2D eigenvalue weighted by atomic mass is 32.2. The molecule has 0 aromatic heterocycles. The molecule has 2 aromatic rings. The minimum absolute atomic E-state index is 0.625. The van der Waals surface area contributed by atoms with E-state index in [0.29, 0.717) is 9.79 Å². The highest BCUT2D eigenvalue weighted by molar-refractivity contribution is 7.87. The number of hydrogen-bond donors (Lipinski definition) is 0. The van der Waals surface area contributed by atoms with Crippen LogP contribution in [0.4, 0.5) is 0 Å². The van der Waals surface area contributed by atoms with Crippen LogP contribution in [0, 0.1) is 0 Å². The molecule has 0 aliphatic heterocycles. The fourth-order valence-corrected chi connectivity index (χ4v) is 3.82. The SMILES string of the molecule is CS(=O)c1ccccc1S(=O)c1ccccc1. The lowest BCUT2D eigenvalue weighted by molar-refractivity contribution is 0.676. The molecule has 0 saturated carbocycles. The van der Waals surface area contributed by atoms with E-state index in [9.17, 15) is 8.42 Å². The third kappa shape index (κ3) is 2.70. The summed E-state index contributed by atoms with van der Waals surface area (Å²) < 4.78 is 23.9. The molecular formula is C13H12O2S2. The van der Waals surface area contributed by atoms with Gasteiger partial charge in [0.05, 0.1) is 31.4 Å². The third-order valence-corrected chi connectivity index (χ3v) is 4.88. The molecule has 0 saturated heterocycles. The summed E-state index contributed by atoms with van der Waals surface area (Å²) in [7, 11) is -2.40. The average Bonchev–Trinajstić information content (AvgIpc) is 2.39. The van der Waals surface area contributed by atoms with Crippen LogP contribution >= 0.6 is 0 Å². The average molecular weight is 264 g/mol. The molecular weight excluding hydrogens is 252 g/mol. The smallest absolute Gasteiger partial charge is 0.0861 e. The normalized spacial score (nSPS) is 14.2. The van der Waals surface area contributed by atoms with Crippen molar-refractivity contribution in [3.8, 4) is 0 Å². The van der Waals surface area contributed by atoms with E-state index < -0.39 is 21.6 Å². The zero-order valence-corrected chi connectivity index (χ0v) is 11.0. The van der Waals surface area contributed by atoms with Crippen molar-refractivity contribution >= 4 is 21.6 Å². The highest BCUT2D eigenvalue weighted by Gasteiger charge is 2.13. The van der Waals surface area contributed by atoms with Crippen LogP contribution in [0.15, 0.2) is 69.3 Å². The number of rotatable bonds is 3. The molecule has 0 heterocycles. The predicted octanol–water partition coefficient (Wildman–Crippen LogP) is 2.59. The molecule has 2 nitrogen and oxygen atoms in total. The fraction of sp³-hybridized carbons (Fsp3) is 0.0769. The van der Waals surface area contributed by atoms with Crippen LogP contribution < -0.4 is 0 Å². The molecule has 17 heavy (non-hydrogen) atoms. The predicted molar refractivity (Wildman–Crippen MR) is 69.9 cm³/mol. The van der Waals surface area contributed by atoms with E-state index in [1.165, 1.54) is 0 Å². The first-order valence-corrected chi connectivity index (χ1v) is 7.80. The molecule has 0 bridgehead atoms. The maximum absolute atomic E-state index is 12.3. The Hall–Kier alpha value is -1.26. The van der Waals surface area contributed by atoms with Gasteiger partial charge in [-0.3, -0.25) is 4.21 Å². The second kappa shape index (κ2) is 5.38. The molecule has 0 fully saturated rings. The molecule has 2 atom stereocenters. The van der Waals surface area contributed by atoms with E-state index in [0.717, 1.165) is 4.90 Å². The lowest BCUT2D eigenvalue weighted by Crippen LogP contribution is -1.99. The summed E-state index contributed by atoms with van der Waals surface area (Å²) >= 11 is 0. The maximum Gasteiger partial charge on any atom is 0.0861 e. The second-order valence-electron chi connectivity index (χ2n) is 3.48. The summed E-state index contributed by atoms with van der Waals surface area (Å²) in [5.74, 6) is 0. The van der Waals surface area contributed by atoms with Crippen molar-refractivity contribution in [1.29, 1.82) is 0 Å². The summed E-state index contributed by atoms with van der Waals surface area (Å²) in [6.07, 6.45) is 1.60. The minimum Gasteiger partial charge on any atom is -0.255 e. The largest absolute Gasteiger partial charge is 0.255 e. The van der Waals surface area contributed by atoms with Crippen molar-refractivity contribution < 1.29 is 8.42 Å². The van der Waals surface area contributed by atoms with Gasteiger partial charge in [-0.1, -0.05) is 30.3 Å². The summed E-state index contributed by atoms with van der Waals surface area (Å²) in [6, 6.07) is 16.3. The highest BCUT2D eigenvalue weighted by Crippen LogP contribution is 2.21. The quantitative estimate of drug-likeness (QED) is 0.854. The topological polar surface area (TPSA) is 34.1 Å². The molecule has 0 N–H and O–H groups in total. The Morgan fingerprint density at radius 3 is 1.88 bits per heavy atom. The second-order valence-corrected chi connectivity index (χ2v) is 6.28. The number of benzene rings is 2. The zero-order valence-electron chi connectivity index (χ0n) is 9.33. The Bertz CT molecular complexity index is 565. The number of hydrogen-bond acceptors (Lipinski definition) is 2. The van der Waals surface area contributed by atoms with Gasteiger partial charge in [0.2, 0.25) is 0 Å². The van der Waals surface area contributed by atoms with Crippen LogP contribution in [0.3, 0.4) is 0 Å². The monoisotopic (exact) mass is 264 g/mol. The Labute approximate surface area is 106 Å². The molecule has 0 aliphatic carbocycles. The van der Waals surface area contributed by atoms with Crippen molar-refractivity contribution in [3.63, 3.8) is 0 Å². The first kappa shape index (κ1) is 12.2. The van der Waals surface area contributed by atoms with Gasteiger partial charge in [-0.15, -0.1) is 0 Å². The molecule has 2 aromatic carbocycles. The summed E-state index contributed by atoms with van der Waals surface area (Å²) in [4.78, 5) is 1.99. The van der Waals surface area contributed by atoms with Crippen LogP contribution in [0.25, 0.3) is 0 Å². The summed E-state index contributed by atoms with van der Waals surface area (Å²) in [5.41, 5.74) is 0. The van der Waals surface area contributed by atoms with Crippen molar-refractivity contribution in [2.75, 3.05) is 6.26 Å². The van der Waals surface area contributed by atoms with E-state index in [1.54, 1.807) is 18.4 Å². The van der Waals surface area contributed by atoms with Crippen molar-refractivity contribution in [3.05, 3.63) is 54.6 Å². The zero-order chi connectivity index (χ0) is 12.3. The van der Waals surface area contributed by atoms with Gasteiger partial charge in [-0.25, -0.2) is 4.21 Å². The van der Waals surface area contributed by atoms with Crippen molar-refractivity contribution in [2.45, 2.75) is 14.7 Å². The molecule has 2 rings (SSSR count). The van der Waals surface area contributed by atoms with Crippen LogP contribution in [0.1, 0.15) is 0 Å². The van der Waals surface area contributed by atoms with E-state index >= 15 is 0 Å². The van der Waals surface area contributed by atoms with Gasteiger partial charge in [0.15, 0.2) is 0 Å². The van der Waals surface area contributed by atoms with E-state index in [4.69, 9.17) is 0 Å². The Balaban J connectivity index is 2.48. The van der Waals surface area contributed by atoms with Gasteiger partial charge >= 0.3 is 0 Å². The summed E-state index contributed by atoms with van der Waals surface area (Å²) in [5, 5.41) is 0. The Morgan fingerprint density at radius 2 is 1.29 bits per heavy atom. The van der Waals surface area contributed by atoms with E-state index in [2.05, 4.69) is 0 Å². The van der Waals surface area contributed by atoms with Crippen LogP contribution in [0.5, 0.6) is 0 Å². The van der Waals surface area contributed by atoms with Gasteiger partial charge in [-0.05, 0) is 24.3 Å². The van der Waals surface area contributed by atoms with Crippen LogP contribution in [0.2, 0.25) is 0 Å². The third-order valence-electron chi connectivity index (χ3n) is 2.32. The van der Waals surface area contributed by atoms with Crippen LogP contribution in [-0.2, 0) is 21.6 Å². The molecule has 0 aliphatic rings. The van der Waals surface area contributed by atoms with Gasteiger partial charge < -0.3 is 0 Å². The van der Waals surface area contributed by atoms with Gasteiger partial charge in [-0.2, -0.15) is 0 Å². The first-order valence-electron chi connectivity index (χ1n) is 5.09. The lowest BCUT2D eigenvalue weighted by atomic mass is 10.4. The fourth-order valence-electron chi connectivity index (χ4n) is 1.51. The van der Waals surface area contributed by atoms with E-state index in [1.807, 2.05) is 42.5 Å². The van der Waals surface area contributed by atoms with Crippen LogP contribution in [-0.4, -0.2) is 14.7 Å². The molecule has 4 heteroatoms. The Kier molecular flexibility index (Phi) is 3.86. The first-order chi connectivity index (χ1) is 8.20. The van der Waals surface area contributed by atoms with Crippen molar-refractivity contribution in [2.24, 2.45) is 0 Å². The molecule has 0 radical (unpaired) electrons. The molecule has 0 spiro atoms. The van der Waals surface area contributed by atoms with Gasteiger partial charge in [0.25, 0.3) is 0 Å². The van der Waals surface area contributed by atoms with E-state index in [-0.39, 0.29) is 0 Å². The maximum atomic E-state index is 12.3. The van der Waals surface area contributed by atoms with Gasteiger partial charge in [0, 0.05) is 11.2 Å². The molecule has 2 unspecified atom stereocenters. The van der Waals surface area contributed by atoms with Gasteiger partial charge in [0.1, 0.15) is 0 Å². The summed E-state index contributed by atoms with van der Waals surface area (Å²) in [6.45, 7) is 0. The standard InChI is InChI=1S/C13H12O2S2/c1-16(14)12-9-5-6-10-13(12)17(15)11-7-3-2-4-8-11/h2-10H,1H3. The minimum atomic E-state index is -1.27. The molecule has 88 valence electrons.